The van der Waals surface area contributed by atoms with E-state index in [2.05, 4.69) is 5.32 Å². The predicted molar refractivity (Wildman–Crippen MR) is 47.5 cm³/mol. The largest absolute Gasteiger partial charge is 0.395 e. The summed E-state index contributed by atoms with van der Waals surface area (Å²) >= 11 is 1.61. The van der Waals surface area contributed by atoms with Crippen molar-refractivity contribution in [2.75, 3.05) is 19.4 Å². The number of rotatable bonds is 5. The third-order valence-electron chi connectivity index (χ3n) is 1.54. The standard InChI is InChI=1S/C7H14N2OS/c1-6(9-4-3-8)7(5-10)11-2/h6-7,9-10H,4-5H2,1-2H3. The van der Waals surface area contributed by atoms with Crippen LogP contribution in [0.1, 0.15) is 6.92 Å². The van der Waals surface area contributed by atoms with Crippen molar-refractivity contribution in [3.8, 4) is 6.07 Å². The Morgan fingerprint density at radius 2 is 2.36 bits per heavy atom. The van der Waals surface area contributed by atoms with E-state index in [1.165, 1.54) is 0 Å². The van der Waals surface area contributed by atoms with Gasteiger partial charge in [-0.1, -0.05) is 0 Å². The second-order valence-corrected chi connectivity index (χ2v) is 3.36. The molecule has 0 rings (SSSR count). The van der Waals surface area contributed by atoms with Gasteiger partial charge in [-0.15, -0.1) is 0 Å². The summed E-state index contributed by atoms with van der Waals surface area (Å²) in [7, 11) is 0. The number of aliphatic hydroxyl groups is 1. The van der Waals surface area contributed by atoms with Crippen molar-refractivity contribution in [1.82, 2.24) is 5.32 Å². The van der Waals surface area contributed by atoms with Gasteiger partial charge in [-0.2, -0.15) is 17.0 Å². The van der Waals surface area contributed by atoms with Gasteiger partial charge in [-0.05, 0) is 13.2 Å². The lowest BCUT2D eigenvalue weighted by molar-refractivity contribution is 0.278. The van der Waals surface area contributed by atoms with Crippen LogP contribution in [0.5, 0.6) is 0 Å². The molecule has 0 spiro atoms. The molecule has 0 aromatic carbocycles. The van der Waals surface area contributed by atoms with Crippen molar-refractivity contribution in [3.63, 3.8) is 0 Å². The highest BCUT2D eigenvalue weighted by Crippen LogP contribution is 2.09. The minimum atomic E-state index is 0.154. The van der Waals surface area contributed by atoms with Gasteiger partial charge in [0.15, 0.2) is 0 Å². The average Bonchev–Trinajstić information content (AvgIpc) is 2.03. The number of nitrogens with zero attached hydrogens (tertiary/aromatic N) is 1. The first-order valence-corrected chi connectivity index (χ1v) is 4.79. The third kappa shape index (κ3) is 4.25. The highest BCUT2D eigenvalue weighted by molar-refractivity contribution is 7.99. The van der Waals surface area contributed by atoms with E-state index in [-0.39, 0.29) is 17.9 Å². The first-order valence-electron chi connectivity index (χ1n) is 3.50. The van der Waals surface area contributed by atoms with Crippen LogP contribution in [0.2, 0.25) is 0 Å². The topological polar surface area (TPSA) is 56.0 Å². The van der Waals surface area contributed by atoms with Gasteiger partial charge in [0.25, 0.3) is 0 Å². The van der Waals surface area contributed by atoms with Gasteiger partial charge in [0, 0.05) is 11.3 Å². The molecule has 0 aliphatic carbocycles. The maximum absolute atomic E-state index is 8.85. The van der Waals surface area contributed by atoms with Crippen molar-refractivity contribution in [1.29, 1.82) is 5.26 Å². The molecule has 64 valence electrons. The van der Waals surface area contributed by atoms with Gasteiger partial charge in [-0.25, -0.2) is 0 Å². The zero-order valence-electron chi connectivity index (χ0n) is 6.87. The number of nitriles is 1. The van der Waals surface area contributed by atoms with Crippen molar-refractivity contribution >= 4 is 11.8 Å². The molecule has 0 bridgehead atoms. The molecular formula is C7H14N2OS. The quantitative estimate of drug-likeness (QED) is 0.585. The molecule has 0 aromatic rings. The Hall–Kier alpha value is -0.240. The Balaban J connectivity index is 3.61. The molecule has 0 aromatic heterocycles. The minimum Gasteiger partial charge on any atom is -0.395 e. The second-order valence-electron chi connectivity index (χ2n) is 2.28. The van der Waals surface area contributed by atoms with Gasteiger partial charge in [0.2, 0.25) is 0 Å². The highest BCUT2D eigenvalue weighted by atomic mass is 32.2. The van der Waals surface area contributed by atoms with Gasteiger partial charge in [-0.3, -0.25) is 0 Å². The first kappa shape index (κ1) is 10.8. The summed E-state index contributed by atoms with van der Waals surface area (Å²) in [6.45, 7) is 2.47. The van der Waals surface area contributed by atoms with Crippen LogP contribution in [0.3, 0.4) is 0 Å². The van der Waals surface area contributed by atoms with Gasteiger partial charge in [0.1, 0.15) is 0 Å². The molecule has 0 radical (unpaired) electrons. The van der Waals surface area contributed by atoms with Crippen molar-refractivity contribution < 1.29 is 5.11 Å². The number of hydrogen-bond acceptors (Lipinski definition) is 4. The van der Waals surface area contributed by atoms with Crippen LogP contribution in [-0.2, 0) is 0 Å². The van der Waals surface area contributed by atoms with E-state index in [0.29, 0.717) is 6.54 Å². The van der Waals surface area contributed by atoms with E-state index in [4.69, 9.17) is 10.4 Å². The molecule has 0 saturated carbocycles. The van der Waals surface area contributed by atoms with Crippen molar-refractivity contribution in [2.45, 2.75) is 18.2 Å². The molecule has 0 heterocycles. The lowest BCUT2D eigenvalue weighted by Crippen LogP contribution is -2.37. The Labute approximate surface area is 71.8 Å². The van der Waals surface area contributed by atoms with Crippen LogP contribution in [0.15, 0.2) is 0 Å². The fourth-order valence-electron chi connectivity index (χ4n) is 0.775. The molecule has 0 aliphatic rings. The van der Waals surface area contributed by atoms with Crippen LogP contribution < -0.4 is 5.32 Å². The Morgan fingerprint density at radius 1 is 1.73 bits per heavy atom. The molecule has 2 atom stereocenters. The van der Waals surface area contributed by atoms with E-state index in [1.807, 2.05) is 19.2 Å². The molecule has 0 saturated heterocycles. The number of aliphatic hydroxyl groups excluding tert-OH is 1. The zero-order chi connectivity index (χ0) is 8.69. The SMILES string of the molecule is CSC(CO)C(C)NCC#N. The Morgan fingerprint density at radius 3 is 2.73 bits per heavy atom. The van der Waals surface area contributed by atoms with Crippen molar-refractivity contribution in [2.24, 2.45) is 0 Å². The molecule has 2 N–H and O–H groups in total. The molecule has 11 heavy (non-hydrogen) atoms. The van der Waals surface area contributed by atoms with Crippen LogP contribution >= 0.6 is 11.8 Å². The summed E-state index contributed by atoms with van der Waals surface area (Å²) in [4.78, 5) is 0. The van der Waals surface area contributed by atoms with E-state index in [9.17, 15) is 0 Å². The maximum atomic E-state index is 8.85. The Bertz CT molecular complexity index is 131. The molecule has 0 fully saturated rings. The average molecular weight is 174 g/mol. The minimum absolute atomic E-state index is 0.154. The summed E-state index contributed by atoms with van der Waals surface area (Å²) in [5, 5.41) is 20.3. The van der Waals surface area contributed by atoms with E-state index >= 15 is 0 Å². The summed E-state index contributed by atoms with van der Waals surface area (Å²) in [5.41, 5.74) is 0. The first-order chi connectivity index (χ1) is 5.26. The molecule has 0 amide bonds. The molecule has 2 unspecified atom stereocenters. The smallest absolute Gasteiger partial charge is 0.0843 e. The summed E-state index contributed by atoms with van der Waals surface area (Å²) < 4.78 is 0. The third-order valence-corrected chi connectivity index (χ3v) is 2.71. The fraction of sp³-hybridized carbons (Fsp3) is 0.857. The number of nitrogens with one attached hydrogen (secondary N) is 1. The summed E-state index contributed by atoms with van der Waals surface area (Å²) in [5.74, 6) is 0. The van der Waals surface area contributed by atoms with Gasteiger partial charge in [0.05, 0.1) is 19.2 Å². The van der Waals surface area contributed by atoms with Crippen molar-refractivity contribution in [3.05, 3.63) is 0 Å². The van der Waals surface area contributed by atoms with Gasteiger partial charge < -0.3 is 10.4 Å². The molecule has 3 nitrogen and oxygen atoms in total. The molecular weight excluding hydrogens is 160 g/mol. The number of thioether (sulfide) groups is 1. The lowest BCUT2D eigenvalue weighted by Gasteiger charge is -2.19. The maximum Gasteiger partial charge on any atom is 0.0843 e. The highest BCUT2D eigenvalue weighted by Gasteiger charge is 2.13. The van der Waals surface area contributed by atoms with Crippen LogP contribution in [0.4, 0.5) is 0 Å². The molecule has 0 aliphatic heterocycles. The molecule has 4 heteroatoms. The number of hydrogen-bond donors (Lipinski definition) is 2. The van der Waals surface area contributed by atoms with Gasteiger partial charge >= 0.3 is 0 Å². The van der Waals surface area contributed by atoms with E-state index < -0.39 is 0 Å². The zero-order valence-corrected chi connectivity index (χ0v) is 7.69. The normalized spacial score (nSPS) is 15.5. The van der Waals surface area contributed by atoms with E-state index in [0.717, 1.165) is 0 Å². The van der Waals surface area contributed by atoms with Crippen LogP contribution in [-0.4, -0.2) is 35.8 Å². The summed E-state index contributed by atoms with van der Waals surface area (Å²) in [6.07, 6.45) is 1.95. The summed E-state index contributed by atoms with van der Waals surface area (Å²) in [6, 6.07) is 2.19. The lowest BCUT2D eigenvalue weighted by atomic mass is 10.2. The monoisotopic (exact) mass is 174 g/mol. The fourth-order valence-corrected chi connectivity index (χ4v) is 1.43. The Kier molecular flexibility index (Phi) is 6.33. The van der Waals surface area contributed by atoms with E-state index in [1.54, 1.807) is 11.8 Å². The predicted octanol–water partition coefficient (Wildman–Crippen LogP) is 0.212. The van der Waals surface area contributed by atoms with Crippen LogP contribution in [0.25, 0.3) is 0 Å². The van der Waals surface area contributed by atoms with Crippen LogP contribution in [0, 0.1) is 11.3 Å². The second kappa shape index (κ2) is 6.47.